The van der Waals surface area contributed by atoms with Crippen molar-refractivity contribution in [1.82, 2.24) is 24.7 Å². The van der Waals surface area contributed by atoms with Crippen molar-refractivity contribution < 1.29 is 9.18 Å². The lowest BCUT2D eigenvalue weighted by Crippen LogP contribution is -2.34. The second-order valence-corrected chi connectivity index (χ2v) is 7.29. The maximum Gasteiger partial charge on any atom is 0.293 e. The standard InChI is InChI=1S/C23H22FN5O2/c1-3-16-4-8-18(9-5-16)20-12-21-23(31)28(26-15(2)29(21)27-20)14-22(30)25-13-17-6-10-19(24)11-7-17/h4-12H,3,13-14H2,1-2H3,(H,25,30). The highest BCUT2D eigenvalue weighted by Gasteiger charge is 2.14. The molecule has 0 spiro atoms. The molecule has 2 heterocycles. The first-order valence-corrected chi connectivity index (χ1v) is 10.0. The molecule has 4 aromatic rings. The molecular formula is C23H22FN5O2. The summed E-state index contributed by atoms with van der Waals surface area (Å²) in [6.07, 6.45) is 0.947. The van der Waals surface area contributed by atoms with E-state index in [1.807, 2.05) is 24.3 Å². The Balaban J connectivity index is 1.55. The Morgan fingerprint density at radius 2 is 1.71 bits per heavy atom. The summed E-state index contributed by atoms with van der Waals surface area (Å²) in [5.41, 5.74) is 3.52. The number of nitrogens with zero attached hydrogens (tertiary/aromatic N) is 4. The number of rotatable bonds is 6. The Kier molecular flexibility index (Phi) is 5.62. The van der Waals surface area contributed by atoms with Gasteiger partial charge in [0.1, 0.15) is 23.7 Å². The van der Waals surface area contributed by atoms with Crippen molar-refractivity contribution in [2.75, 3.05) is 0 Å². The Labute approximate surface area is 178 Å². The largest absolute Gasteiger partial charge is 0.350 e. The molecule has 0 aliphatic rings. The average Bonchev–Trinajstić information content (AvgIpc) is 3.23. The van der Waals surface area contributed by atoms with Crippen molar-refractivity contribution in [1.29, 1.82) is 0 Å². The maximum atomic E-state index is 13.0. The molecule has 7 nitrogen and oxygen atoms in total. The molecule has 2 aromatic heterocycles. The lowest BCUT2D eigenvalue weighted by molar-refractivity contribution is -0.122. The van der Waals surface area contributed by atoms with E-state index in [9.17, 15) is 14.0 Å². The summed E-state index contributed by atoms with van der Waals surface area (Å²) >= 11 is 0. The van der Waals surface area contributed by atoms with Gasteiger partial charge in [-0.05, 0) is 42.7 Å². The Morgan fingerprint density at radius 3 is 2.39 bits per heavy atom. The van der Waals surface area contributed by atoms with E-state index in [1.165, 1.54) is 22.2 Å². The van der Waals surface area contributed by atoms with Gasteiger partial charge < -0.3 is 5.32 Å². The summed E-state index contributed by atoms with van der Waals surface area (Å²) in [6, 6.07) is 15.6. The quantitative estimate of drug-likeness (QED) is 0.521. The van der Waals surface area contributed by atoms with Crippen molar-refractivity contribution in [2.24, 2.45) is 0 Å². The van der Waals surface area contributed by atoms with Crippen molar-refractivity contribution in [2.45, 2.75) is 33.4 Å². The van der Waals surface area contributed by atoms with Crippen LogP contribution in [-0.4, -0.2) is 25.3 Å². The van der Waals surface area contributed by atoms with Crippen molar-refractivity contribution in [3.05, 3.63) is 87.7 Å². The minimum Gasteiger partial charge on any atom is -0.350 e. The van der Waals surface area contributed by atoms with Crippen molar-refractivity contribution in [3.8, 4) is 11.3 Å². The predicted octanol–water partition coefficient (Wildman–Crippen LogP) is 2.88. The molecule has 0 aliphatic carbocycles. The van der Waals surface area contributed by atoms with E-state index in [0.717, 1.165) is 22.2 Å². The molecule has 0 aliphatic heterocycles. The lowest BCUT2D eigenvalue weighted by atomic mass is 10.1. The number of aromatic nitrogens is 4. The van der Waals surface area contributed by atoms with Crippen LogP contribution in [0.25, 0.3) is 16.8 Å². The van der Waals surface area contributed by atoms with E-state index in [0.29, 0.717) is 17.0 Å². The SMILES string of the molecule is CCc1ccc(-c2cc3c(=O)n(CC(=O)NCc4ccc(F)cc4)nc(C)n3n2)cc1. The number of halogens is 1. The third-order valence-corrected chi connectivity index (χ3v) is 5.09. The summed E-state index contributed by atoms with van der Waals surface area (Å²) in [5, 5.41) is 11.5. The number of carbonyl (C=O) groups excluding carboxylic acids is 1. The summed E-state index contributed by atoms with van der Waals surface area (Å²) in [4.78, 5) is 25.2. The third kappa shape index (κ3) is 4.37. The van der Waals surface area contributed by atoms with Crippen molar-refractivity contribution >= 4 is 11.4 Å². The first-order chi connectivity index (χ1) is 14.9. The third-order valence-electron chi connectivity index (χ3n) is 5.09. The van der Waals surface area contributed by atoms with Crippen LogP contribution in [0.5, 0.6) is 0 Å². The molecule has 4 rings (SSSR count). The fourth-order valence-corrected chi connectivity index (χ4v) is 3.33. The lowest BCUT2D eigenvalue weighted by Gasteiger charge is -2.08. The molecule has 0 radical (unpaired) electrons. The normalized spacial score (nSPS) is 11.1. The molecule has 31 heavy (non-hydrogen) atoms. The molecule has 1 amide bonds. The Morgan fingerprint density at radius 1 is 1.03 bits per heavy atom. The van der Waals surface area contributed by atoms with Gasteiger partial charge in [0.25, 0.3) is 5.56 Å². The average molecular weight is 419 g/mol. The van der Waals surface area contributed by atoms with Crippen LogP contribution in [0.4, 0.5) is 4.39 Å². The number of nitrogens with one attached hydrogen (secondary N) is 1. The van der Waals surface area contributed by atoms with E-state index in [1.54, 1.807) is 25.1 Å². The number of benzene rings is 2. The number of amides is 1. The van der Waals surface area contributed by atoms with Gasteiger partial charge in [0.15, 0.2) is 0 Å². The molecule has 2 aromatic carbocycles. The van der Waals surface area contributed by atoms with E-state index in [-0.39, 0.29) is 24.8 Å². The summed E-state index contributed by atoms with van der Waals surface area (Å²) in [5.74, 6) is -0.203. The molecular weight excluding hydrogens is 397 g/mol. The van der Waals surface area contributed by atoms with Gasteiger partial charge in [-0.25, -0.2) is 13.6 Å². The first kappa shape index (κ1) is 20.5. The number of hydrogen-bond acceptors (Lipinski definition) is 4. The Hall–Kier alpha value is -3.81. The summed E-state index contributed by atoms with van der Waals surface area (Å²) in [6.45, 7) is 3.84. The maximum absolute atomic E-state index is 13.0. The molecule has 8 heteroatoms. The Bertz CT molecular complexity index is 1290. The van der Waals surface area contributed by atoms with E-state index >= 15 is 0 Å². The minimum absolute atomic E-state index is 0.219. The second-order valence-electron chi connectivity index (χ2n) is 7.29. The van der Waals surface area contributed by atoms with Crippen LogP contribution in [0.3, 0.4) is 0 Å². The molecule has 0 bridgehead atoms. The summed E-state index contributed by atoms with van der Waals surface area (Å²) in [7, 11) is 0. The highest BCUT2D eigenvalue weighted by atomic mass is 19.1. The van der Waals surface area contributed by atoms with Crippen LogP contribution in [0.15, 0.2) is 59.4 Å². The molecule has 0 fully saturated rings. The molecule has 158 valence electrons. The molecule has 1 N–H and O–H groups in total. The topological polar surface area (TPSA) is 81.3 Å². The second kappa shape index (κ2) is 8.51. The molecule has 0 saturated carbocycles. The van der Waals surface area contributed by atoms with Gasteiger partial charge in [-0.2, -0.15) is 10.2 Å². The van der Waals surface area contributed by atoms with Crippen LogP contribution in [0.2, 0.25) is 0 Å². The zero-order valence-corrected chi connectivity index (χ0v) is 17.3. The number of hydrogen-bond donors (Lipinski definition) is 1. The molecule has 0 saturated heterocycles. The monoisotopic (exact) mass is 419 g/mol. The highest BCUT2D eigenvalue weighted by molar-refractivity contribution is 5.75. The van der Waals surface area contributed by atoms with Gasteiger partial charge in [0.2, 0.25) is 5.91 Å². The van der Waals surface area contributed by atoms with E-state index in [2.05, 4.69) is 22.4 Å². The number of carbonyl (C=O) groups is 1. The van der Waals surface area contributed by atoms with Gasteiger partial charge in [0, 0.05) is 12.1 Å². The molecule has 0 unspecified atom stereocenters. The van der Waals surface area contributed by atoms with E-state index < -0.39 is 5.56 Å². The highest BCUT2D eigenvalue weighted by Crippen LogP contribution is 2.19. The zero-order valence-electron chi connectivity index (χ0n) is 17.3. The van der Waals surface area contributed by atoms with Gasteiger partial charge in [-0.3, -0.25) is 9.59 Å². The van der Waals surface area contributed by atoms with Gasteiger partial charge in [-0.15, -0.1) is 0 Å². The van der Waals surface area contributed by atoms with Crippen molar-refractivity contribution in [3.63, 3.8) is 0 Å². The summed E-state index contributed by atoms with van der Waals surface area (Å²) < 4.78 is 15.6. The fraction of sp³-hybridized carbons (Fsp3) is 0.217. The van der Waals surface area contributed by atoms with Gasteiger partial charge in [0.05, 0.1) is 5.69 Å². The van der Waals surface area contributed by atoms with Gasteiger partial charge in [-0.1, -0.05) is 43.3 Å². The van der Waals surface area contributed by atoms with E-state index in [4.69, 9.17) is 0 Å². The van der Waals surface area contributed by atoms with Crippen LogP contribution in [-0.2, 0) is 24.3 Å². The van der Waals surface area contributed by atoms with Crippen LogP contribution >= 0.6 is 0 Å². The first-order valence-electron chi connectivity index (χ1n) is 10.0. The number of fused-ring (bicyclic) bond motifs is 1. The van der Waals surface area contributed by atoms with Crippen LogP contribution in [0, 0.1) is 12.7 Å². The van der Waals surface area contributed by atoms with Crippen LogP contribution < -0.4 is 10.9 Å². The van der Waals surface area contributed by atoms with Gasteiger partial charge >= 0.3 is 0 Å². The van der Waals surface area contributed by atoms with Crippen LogP contribution in [0.1, 0.15) is 23.9 Å². The fourth-order valence-electron chi connectivity index (χ4n) is 3.33. The number of aryl methyl sites for hydroxylation is 2. The minimum atomic E-state index is -0.397. The smallest absolute Gasteiger partial charge is 0.293 e. The molecule has 0 atom stereocenters. The zero-order chi connectivity index (χ0) is 22.0. The predicted molar refractivity (Wildman–Crippen MR) is 115 cm³/mol.